The van der Waals surface area contributed by atoms with E-state index in [0.717, 1.165) is 31.8 Å². The summed E-state index contributed by atoms with van der Waals surface area (Å²) in [6.07, 6.45) is 10.5. The molecule has 23 heavy (non-hydrogen) atoms. The summed E-state index contributed by atoms with van der Waals surface area (Å²) in [5, 5.41) is 8.07. The van der Waals surface area contributed by atoms with Gasteiger partial charge in [0.25, 0.3) is 0 Å². The summed E-state index contributed by atoms with van der Waals surface area (Å²) in [6, 6.07) is 2.31. The summed E-state index contributed by atoms with van der Waals surface area (Å²) < 4.78 is 4.54. The molecule has 0 spiro atoms. The third kappa shape index (κ3) is 2.74. The monoisotopic (exact) mass is 312 g/mol. The van der Waals surface area contributed by atoms with Crippen LogP contribution in [0.3, 0.4) is 0 Å². The lowest BCUT2D eigenvalue weighted by atomic mass is 9.80. The number of fused-ring (bicyclic) bond motifs is 2. The number of rotatable bonds is 3. The maximum Gasteiger partial charge on any atom is 0.0656 e. The first-order valence-corrected chi connectivity index (χ1v) is 8.94. The highest BCUT2D eigenvalue weighted by Crippen LogP contribution is 2.35. The molecule has 0 fully saturated rings. The molecule has 2 aromatic rings. The van der Waals surface area contributed by atoms with Crippen LogP contribution in [-0.4, -0.2) is 20.9 Å². The second-order valence-corrected chi connectivity index (χ2v) is 7.98. The summed E-state index contributed by atoms with van der Waals surface area (Å²) in [6.45, 7) is 6.96. The van der Waals surface area contributed by atoms with Crippen LogP contribution in [0.4, 0.5) is 0 Å². The molecular weight excluding hydrogens is 284 g/mol. The predicted molar refractivity (Wildman–Crippen MR) is 92.5 cm³/mol. The van der Waals surface area contributed by atoms with Gasteiger partial charge in [0.15, 0.2) is 0 Å². The molecule has 0 radical (unpaired) electrons. The summed E-state index contributed by atoms with van der Waals surface area (Å²) in [5.41, 5.74) is 6.02. The third-order valence-corrected chi connectivity index (χ3v) is 5.67. The van der Waals surface area contributed by atoms with Crippen molar-refractivity contribution >= 4 is 0 Å². The fourth-order valence-electron chi connectivity index (χ4n) is 4.64. The molecule has 4 nitrogen and oxygen atoms in total. The SMILES string of the molecule is Cn1cc2c(n1)CCC(CC(C)(C)n1ccc3c1CCNC3)C2. The molecule has 0 saturated carbocycles. The van der Waals surface area contributed by atoms with Crippen molar-refractivity contribution in [2.75, 3.05) is 6.54 Å². The molecule has 0 amide bonds. The molecule has 0 saturated heterocycles. The Morgan fingerprint density at radius 1 is 1.30 bits per heavy atom. The highest BCUT2D eigenvalue weighted by atomic mass is 15.3. The van der Waals surface area contributed by atoms with E-state index in [9.17, 15) is 0 Å². The Morgan fingerprint density at radius 3 is 3.04 bits per heavy atom. The van der Waals surface area contributed by atoms with Crippen molar-refractivity contribution in [3.8, 4) is 0 Å². The van der Waals surface area contributed by atoms with Crippen LogP contribution in [-0.2, 0) is 38.4 Å². The summed E-state index contributed by atoms with van der Waals surface area (Å²) >= 11 is 0. The van der Waals surface area contributed by atoms with Crippen LogP contribution >= 0.6 is 0 Å². The fourth-order valence-corrected chi connectivity index (χ4v) is 4.64. The minimum Gasteiger partial charge on any atom is -0.346 e. The van der Waals surface area contributed by atoms with E-state index in [1.165, 1.54) is 36.1 Å². The second-order valence-electron chi connectivity index (χ2n) is 7.98. The van der Waals surface area contributed by atoms with Crippen LogP contribution in [0.5, 0.6) is 0 Å². The molecule has 3 heterocycles. The normalized spacial score (nSPS) is 21.1. The molecule has 0 bridgehead atoms. The van der Waals surface area contributed by atoms with Gasteiger partial charge in [-0.3, -0.25) is 4.68 Å². The maximum atomic E-state index is 4.59. The quantitative estimate of drug-likeness (QED) is 0.946. The minimum atomic E-state index is 0.190. The minimum absolute atomic E-state index is 0.190. The average molecular weight is 312 g/mol. The molecule has 4 rings (SSSR count). The molecule has 2 aromatic heterocycles. The highest BCUT2D eigenvalue weighted by Gasteiger charge is 2.30. The zero-order valence-electron chi connectivity index (χ0n) is 14.6. The molecule has 1 N–H and O–H groups in total. The van der Waals surface area contributed by atoms with Gasteiger partial charge in [-0.1, -0.05) is 0 Å². The lowest BCUT2D eigenvalue weighted by molar-refractivity contribution is 0.243. The Morgan fingerprint density at radius 2 is 2.17 bits per heavy atom. The van der Waals surface area contributed by atoms with Crippen molar-refractivity contribution in [3.63, 3.8) is 0 Å². The Hall–Kier alpha value is -1.55. The van der Waals surface area contributed by atoms with Gasteiger partial charge in [-0.15, -0.1) is 0 Å². The Labute approximate surface area is 138 Å². The van der Waals surface area contributed by atoms with Crippen molar-refractivity contribution in [1.29, 1.82) is 0 Å². The van der Waals surface area contributed by atoms with Crippen molar-refractivity contribution in [1.82, 2.24) is 19.7 Å². The Bertz CT molecular complexity index is 707. The zero-order chi connectivity index (χ0) is 16.0. The number of nitrogens with one attached hydrogen (secondary N) is 1. The maximum absolute atomic E-state index is 4.59. The topological polar surface area (TPSA) is 34.8 Å². The zero-order valence-corrected chi connectivity index (χ0v) is 14.6. The Balaban J connectivity index is 1.53. The first-order chi connectivity index (χ1) is 11.0. The predicted octanol–water partition coefficient (Wildman–Crippen LogP) is 2.80. The van der Waals surface area contributed by atoms with Crippen molar-refractivity contribution < 1.29 is 0 Å². The highest BCUT2D eigenvalue weighted by molar-refractivity contribution is 5.26. The number of aromatic nitrogens is 3. The van der Waals surface area contributed by atoms with Crippen LogP contribution in [0.2, 0.25) is 0 Å². The van der Waals surface area contributed by atoms with E-state index < -0.39 is 0 Å². The molecule has 1 aliphatic carbocycles. The molecule has 1 unspecified atom stereocenters. The van der Waals surface area contributed by atoms with Gasteiger partial charge in [-0.2, -0.15) is 5.10 Å². The summed E-state index contributed by atoms with van der Waals surface area (Å²) in [7, 11) is 2.04. The van der Waals surface area contributed by atoms with Crippen molar-refractivity contribution in [3.05, 3.63) is 41.0 Å². The molecule has 0 aromatic carbocycles. The van der Waals surface area contributed by atoms with Crippen LogP contribution in [0.1, 0.15) is 49.2 Å². The lowest BCUT2D eigenvalue weighted by Crippen LogP contribution is -2.34. The lowest BCUT2D eigenvalue weighted by Gasteiger charge is -2.35. The first kappa shape index (κ1) is 15.0. The average Bonchev–Trinajstić information content (AvgIpc) is 3.09. The smallest absolute Gasteiger partial charge is 0.0656 e. The van der Waals surface area contributed by atoms with Gasteiger partial charge in [0.1, 0.15) is 0 Å². The number of hydrogen-bond acceptors (Lipinski definition) is 2. The van der Waals surface area contributed by atoms with Crippen molar-refractivity contribution in [2.45, 2.75) is 58.0 Å². The van der Waals surface area contributed by atoms with Gasteiger partial charge in [0.2, 0.25) is 0 Å². The second kappa shape index (κ2) is 5.52. The Kier molecular flexibility index (Phi) is 3.60. The van der Waals surface area contributed by atoms with E-state index in [-0.39, 0.29) is 5.54 Å². The molecule has 2 aliphatic rings. The summed E-state index contributed by atoms with van der Waals surface area (Å²) in [4.78, 5) is 0. The van der Waals surface area contributed by atoms with Gasteiger partial charge >= 0.3 is 0 Å². The summed E-state index contributed by atoms with van der Waals surface area (Å²) in [5.74, 6) is 0.765. The fraction of sp³-hybridized carbons (Fsp3) is 0.632. The number of aryl methyl sites for hydroxylation is 2. The van der Waals surface area contributed by atoms with E-state index >= 15 is 0 Å². The molecule has 124 valence electrons. The van der Waals surface area contributed by atoms with E-state index in [0.29, 0.717) is 0 Å². The largest absolute Gasteiger partial charge is 0.346 e. The van der Waals surface area contributed by atoms with Gasteiger partial charge in [0, 0.05) is 50.2 Å². The van der Waals surface area contributed by atoms with Gasteiger partial charge in [-0.25, -0.2) is 0 Å². The van der Waals surface area contributed by atoms with Gasteiger partial charge < -0.3 is 9.88 Å². The molecule has 1 aliphatic heterocycles. The van der Waals surface area contributed by atoms with Crippen LogP contribution < -0.4 is 5.32 Å². The molecule has 1 atom stereocenters. The van der Waals surface area contributed by atoms with E-state index in [1.807, 2.05) is 11.7 Å². The van der Waals surface area contributed by atoms with Crippen LogP contribution in [0, 0.1) is 5.92 Å². The standard InChI is InChI=1S/C19H28N4/c1-19(2,23-9-7-15-12-20-8-6-18(15)23)11-14-4-5-17-16(10-14)13-22(3)21-17/h7,9,13-14,20H,4-6,8,10-12H2,1-3H3. The van der Waals surface area contributed by atoms with Gasteiger partial charge in [0.05, 0.1) is 5.69 Å². The third-order valence-electron chi connectivity index (χ3n) is 5.67. The molecular formula is C19H28N4. The van der Waals surface area contributed by atoms with Crippen molar-refractivity contribution in [2.24, 2.45) is 13.0 Å². The number of nitrogens with zero attached hydrogens (tertiary/aromatic N) is 3. The number of hydrogen-bond donors (Lipinski definition) is 1. The van der Waals surface area contributed by atoms with E-state index in [1.54, 1.807) is 5.69 Å². The van der Waals surface area contributed by atoms with Crippen LogP contribution in [0.25, 0.3) is 0 Å². The molecule has 4 heteroatoms. The van der Waals surface area contributed by atoms with E-state index in [2.05, 4.69) is 47.3 Å². The van der Waals surface area contributed by atoms with Crippen LogP contribution in [0.15, 0.2) is 18.5 Å². The first-order valence-electron chi connectivity index (χ1n) is 8.94. The van der Waals surface area contributed by atoms with E-state index in [4.69, 9.17) is 0 Å². The van der Waals surface area contributed by atoms with Gasteiger partial charge in [-0.05, 0) is 62.6 Å².